The van der Waals surface area contributed by atoms with E-state index in [9.17, 15) is 14.0 Å². The van der Waals surface area contributed by atoms with Gasteiger partial charge in [0.1, 0.15) is 22.1 Å². The number of amides is 1. The number of halogens is 1. The summed E-state index contributed by atoms with van der Waals surface area (Å²) in [5.41, 5.74) is 3.59. The third-order valence-electron chi connectivity index (χ3n) is 5.01. The van der Waals surface area contributed by atoms with E-state index < -0.39 is 11.9 Å². The minimum absolute atomic E-state index is 0.188. The lowest BCUT2D eigenvalue weighted by atomic mass is 10.0. The molecule has 0 saturated heterocycles. The average molecular weight is 476 g/mol. The maximum absolute atomic E-state index is 13.3. The van der Waals surface area contributed by atoms with Gasteiger partial charge in [0.15, 0.2) is 6.61 Å². The SMILES string of the molecule is CCOC(=O)c1c(-c2ccc(F)cc2)csc1NC(=O)COc1ccc(-c2ccccc2)cc1. The van der Waals surface area contributed by atoms with Crippen molar-refractivity contribution in [2.75, 3.05) is 18.5 Å². The molecule has 7 heteroatoms. The van der Waals surface area contributed by atoms with Crippen LogP contribution in [0.1, 0.15) is 17.3 Å². The van der Waals surface area contributed by atoms with E-state index in [1.54, 1.807) is 36.6 Å². The van der Waals surface area contributed by atoms with Gasteiger partial charge in [-0.05, 0) is 47.9 Å². The van der Waals surface area contributed by atoms with Crippen LogP contribution in [0, 0.1) is 5.82 Å². The predicted molar refractivity (Wildman–Crippen MR) is 132 cm³/mol. The van der Waals surface area contributed by atoms with Crippen LogP contribution in [0.15, 0.2) is 84.2 Å². The van der Waals surface area contributed by atoms with E-state index in [1.165, 1.54) is 23.5 Å². The van der Waals surface area contributed by atoms with Crippen molar-refractivity contribution in [3.63, 3.8) is 0 Å². The van der Waals surface area contributed by atoms with E-state index in [0.29, 0.717) is 21.9 Å². The van der Waals surface area contributed by atoms with Gasteiger partial charge in [-0.25, -0.2) is 9.18 Å². The molecule has 0 aliphatic rings. The quantitative estimate of drug-likeness (QED) is 0.299. The number of carbonyl (C=O) groups excluding carboxylic acids is 2. The zero-order chi connectivity index (χ0) is 23.9. The van der Waals surface area contributed by atoms with Crippen molar-refractivity contribution in [2.24, 2.45) is 0 Å². The Morgan fingerprint density at radius 1 is 0.882 bits per heavy atom. The Bertz CT molecular complexity index is 1270. The van der Waals surface area contributed by atoms with Gasteiger partial charge in [0, 0.05) is 10.9 Å². The van der Waals surface area contributed by atoms with Gasteiger partial charge in [-0.15, -0.1) is 11.3 Å². The second-order valence-electron chi connectivity index (χ2n) is 7.31. The topological polar surface area (TPSA) is 64.6 Å². The van der Waals surface area contributed by atoms with E-state index in [2.05, 4.69) is 5.32 Å². The number of nitrogens with one attached hydrogen (secondary N) is 1. The molecule has 3 aromatic carbocycles. The monoisotopic (exact) mass is 475 g/mol. The average Bonchev–Trinajstić information content (AvgIpc) is 3.27. The van der Waals surface area contributed by atoms with E-state index >= 15 is 0 Å². The molecular formula is C27H22FNO4S. The first kappa shape index (κ1) is 23.2. The molecular weight excluding hydrogens is 453 g/mol. The van der Waals surface area contributed by atoms with Gasteiger partial charge in [0.25, 0.3) is 5.91 Å². The largest absolute Gasteiger partial charge is 0.484 e. The summed E-state index contributed by atoms with van der Waals surface area (Å²) >= 11 is 1.20. The van der Waals surface area contributed by atoms with E-state index in [-0.39, 0.29) is 24.6 Å². The fourth-order valence-corrected chi connectivity index (χ4v) is 4.36. The molecule has 1 heterocycles. The van der Waals surface area contributed by atoms with Gasteiger partial charge in [0.2, 0.25) is 0 Å². The van der Waals surface area contributed by atoms with E-state index in [4.69, 9.17) is 9.47 Å². The molecule has 0 radical (unpaired) electrons. The summed E-state index contributed by atoms with van der Waals surface area (Å²) in [6, 6.07) is 23.2. The molecule has 1 aromatic heterocycles. The number of rotatable bonds is 8. The van der Waals surface area contributed by atoms with Crippen LogP contribution < -0.4 is 10.1 Å². The number of thiophene rings is 1. The summed E-state index contributed by atoms with van der Waals surface area (Å²) in [4.78, 5) is 25.2. The van der Waals surface area contributed by atoms with Crippen LogP contribution in [0.4, 0.5) is 9.39 Å². The fraction of sp³-hybridized carbons (Fsp3) is 0.111. The number of ether oxygens (including phenoxy) is 2. The Morgan fingerprint density at radius 3 is 2.21 bits per heavy atom. The standard InChI is InChI=1S/C27H22FNO4S/c1-2-32-27(31)25-23(20-8-12-21(28)13-9-20)17-34-26(25)29-24(30)16-33-22-14-10-19(11-15-22)18-6-4-3-5-7-18/h3-15,17H,2,16H2,1H3,(H,29,30). The first-order chi connectivity index (χ1) is 16.5. The highest BCUT2D eigenvalue weighted by Crippen LogP contribution is 2.36. The molecule has 4 rings (SSSR count). The van der Waals surface area contributed by atoms with Crippen LogP contribution in [0.2, 0.25) is 0 Å². The number of anilines is 1. The molecule has 0 spiro atoms. The van der Waals surface area contributed by atoms with Gasteiger partial charge in [-0.3, -0.25) is 4.79 Å². The second kappa shape index (κ2) is 10.8. The lowest BCUT2D eigenvalue weighted by Crippen LogP contribution is -2.21. The van der Waals surface area contributed by atoms with Crippen molar-refractivity contribution in [1.29, 1.82) is 0 Å². The highest BCUT2D eigenvalue weighted by Gasteiger charge is 2.23. The van der Waals surface area contributed by atoms with Crippen LogP contribution in [-0.4, -0.2) is 25.1 Å². The Hall–Kier alpha value is -3.97. The van der Waals surface area contributed by atoms with Crippen molar-refractivity contribution in [1.82, 2.24) is 0 Å². The molecule has 172 valence electrons. The van der Waals surface area contributed by atoms with Gasteiger partial charge < -0.3 is 14.8 Å². The minimum Gasteiger partial charge on any atom is -0.484 e. The van der Waals surface area contributed by atoms with Crippen molar-refractivity contribution in [2.45, 2.75) is 6.92 Å². The summed E-state index contributed by atoms with van der Waals surface area (Å²) < 4.78 is 24.1. The molecule has 0 aliphatic heterocycles. The van der Waals surface area contributed by atoms with Crippen LogP contribution in [0.25, 0.3) is 22.3 Å². The lowest BCUT2D eigenvalue weighted by Gasteiger charge is -2.10. The van der Waals surface area contributed by atoms with Crippen molar-refractivity contribution in [3.8, 4) is 28.0 Å². The van der Waals surface area contributed by atoms with Crippen LogP contribution >= 0.6 is 11.3 Å². The Kier molecular flexibility index (Phi) is 7.34. The van der Waals surface area contributed by atoms with Crippen molar-refractivity contribution < 1.29 is 23.5 Å². The lowest BCUT2D eigenvalue weighted by molar-refractivity contribution is -0.118. The fourth-order valence-electron chi connectivity index (χ4n) is 3.38. The zero-order valence-corrected chi connectivity index (χ0v) is 19.2. The van der Waals surface area contributed by atoms with Crippen molar-refractivity contribution in [3.05, 3.63) is 95.6 Å². The maximum Gasteiger partial charge on any atom is 0.341 e. The molecule has 0 atom stereocenters. The number of carbonyl (C=O) groups is 2. The summed E-state index contributed by atoms with van der Waals surface area (Å²) in [5, 5.41) is 4.83. The molecule has 0 unspecified atom stereocenters. The van der Waals surface area contributed by atoms with E-state index in [0.717, 1.165) is 11.1 Å². The first-order valence-electron chi connectivity index (χ1n) is 10.7. The van der Waals surface area contributed by atoms with E-state index in [1.807, 2.05) is 42.5 Å². The molecule has 0 bridgehead atoms. The molecule has 4 aromatic rings. The van der Waals surface area contributed by atoms with Gasteiger partial charge in [0.05, 0.1) is 6.61 Å². The minimum atomic E-state index is -0.559. The van der Waals surface area contributed by atoms with Crippen LogP contribution in [0.5, 0.6) is 5.75 Å². The molecule has 5 nitrogen and oxygen atoms in total. The number of hydrogen-bond donors (Lipinski definition) is 1. The molecule has 0 saturated carbocycles. The second-order valence-corrected chi connectivity index (χ2v) is 8.19. The highest BCUT2D eigenvalue weighted by molar-refractivity contribution is 7.15. The summed E-state index contributed by atoms with van der Waals surface area (Å²) in [7, 11) is 0. The third-order valence-corrected chi connectivity index (χ3v) is 5.91. The number of benzene rings is 3. The number of esters is 1. The predicted octanol–water partition coefficient (Wildman–Crippen LogP) is 6.42. The Balaban J connectivity index is 1.45. The zero-order valence-electron chi connectivity index (χ0n) is 18.4. The summed E-state index contributed by atoms with van der Waals surface area (Å²) in [6.07, 6.45) is 0. The van der Waals surface area contributed by atoms with Crippen molar-refractivity contribution >= 4 is 28.2 Å². The summed E-state index contributed by atoms with van der Waals surface area (Å²) in [6.45, 7) is 1.67. The number of hydrogen-bond acceptors (Lipinski definition) is 5. The third kappa shape index (κ3) is 5.50. The molecule has 34 heavy (non-hydrogen) atoms. The maximum atomic E-state index is 13.3. The first-order valence-corrected chi connectivity index (χ1v) is 11.6. The highest BCUT2D eigenvalue weighted by atomic mass is 32.1. The normalized spacial score (nSPS) is 10.5. The Labute approximate surface area is 200 Å². The van der Waals surface area contributed by atoms with Gasteiger partial charge >= 0.3 is 5.97 Å². The smallest absolute Gasteiger partial charge is 0.341 e. The van der Waals surface area contributed by atoms with Crippen LogP contribution in [-0.2, 0) is 9.53 Å². The van der Waals surface area contributed by atoms with Gasteiger partial charge in [-0.2, -0.15) is 0 Å². The van der Waals surface area contributed by atoms with Crippen LogP contribution in [0.3, 0.4) is 0 Å². The molecule has 1 amide bonds. The molecule has 0 aliphatic carbocycles. The van der Waals surface area contributed by atoms with Gasteiger partial charge in [-0.1, -0.05) is 54.6 Å². The molecule has 1 N–H and O–H groups in total. The Morgan fingerprint density at radius 2 is 1.53 bits per heavy atom. The molecule has 0 fully saturated rings. The summed E-state index contributed by atoms with van der Waals surface area (Å²) in [5.74, 6) is -0.793.